The molecule has 0 spiro atoms. The van der Waals surface area contributed by atoms with Crippen LogP contribution in [-0.2, 0) is 4.79 Å². The quantitative estimate of drug-likeness (QED) is 0.720. The summed E-state index contributed by atoms with van der Waals surface area (Å²) in [5, 5.41) is 11.4. The van der Waals surface area contributed by atoms with E-state index in [4.69, 9.17) is 9.84 Å². The van der Waals surface area contributed by atoms with Crippen LogP contribution in [0.2, 0.25) is 0 Å². The topological polar surface area (TPSA) is 58.6 Å². The van der Waals surface area contributed by atoms with Gasteiger partial charge < -0.3 is 15.2 Å². The predicted molar refractivity (Wildman–Crippen MR) is 79.9 cm³/mol. The Morgan fingerprint density at radius 3 is 2.68 bits per heavy atom. The molecule has 5 heteroatoms. The molecule has 1 rings (SSSR count). The van der Waals surface area contributed by atoms with Crippen LogP contribution < -0.4 is 10.1 Å². The Labute approximate surface area is 118 Å². The molecule has 0 saturated carbocycles. The van der Waals surface area contributed by atoms with Crippen LogP contribution in [0.5, 0.6) is 5.75 Å². The van der Waals surface area contributed by atoms with Crippen LogP contribution in [0.1, 0.15) is 20.3 Å². The first-order valence-electron chi connectivity index (χ1n) is 6.43. The summed E-state index contributed by atoms with van der Waals surface area (Å²) in [5.74, 6) is 1.56. The Hall–Kier alpha value is -1.20. The van der Waals surface area contributed by atoms with E-state index in [9.17, 15) is 4.79 Å². The van der Waals surface area contributed by atoms with Gasteiger partial charge in [0.2, 0.25) is 5.91 Å². The van der Waals surface area contributed by atoms with Gasteiger partial charge in [0.1, 0.15) is 5.75 Å². The fourth-order valence-electron chi connectivity index (χ4n) is 1.45. The maximum absolute atomic E-state index is 11.9. The average Bonchev–Trinajstić information content (AvgIpc) is 2.41. The van der Waals surface area contributed by atoms with Crippen molar-refractivity contribution in [3.05, 3.63) is 24.3 Å². The van der Waals surface area contributed by atoms with Crippen molar-refractivity contribution in [1.29, 1.82) is 0 Å². The lowest BCUT2D eigenvalue weighted by Crippen LogP contribution is -2.22. The normalized spacial score (nSPS) is 11.9. The highest BCUT2D eigenvalue weighted by Crippen LogP contribution is 2.18. The summed E-state index contributed by atoms with van der Waals surface area (Å²) in [6, 6.07) is 7.33. The number of carbonyl (C=O) groups is 1. The highest BCUT2D eigenvalue weighted by atomic mass is 32.2. The number of hydrogen-bond donors (Lipinski definition) is 2. The molecule has 0 aliphatic rings. The second-order valence-electron chi connectivity index (χ2n) is 4.04. The van der Waals surface area contributed by atoms with E-state index < -0.39 is 0 Å². The predicted octanol–water partition coefficient (Wildman–Crippen LogP) is 2.53. The number of rotatable bonds is 8. The molecule has 106 valence electrons. The van der Waals surface area contributed by atoms with Crippen molar-refractivity contribution < 1.29 is 14.6 Å². The van der Waals surface area contributed by atoms with Crippen molar-refractivity contribution in [2.75, 3.05) is 24.3 Å². The average molecular weight is 283 g/mol. The molecule has 1 amide bonds. The Morgan fingerprint density at radius 2 is 2.11 bits per heavy atom. The zero-order chi connectivity index (χ0) is 14.1. The molecule has 2 N–H and O–H groups in total. The summed E-state index contributed by atoms with van der Waals surface area (Å²) in [6.45, 7) is 4.59. The van der Waals surface area contributed by atoms with Gasteiger partial charge >= 0.3 is 0 Å². The molecule has 0 aromatic heterocycles. The van der Waals surface area contributed by atoms with Crippen molar-refractivity contribution in [2.24, 2.45) is 0 Å². The Bertz CT molecular complexity index is 381. The molecule has 1 aromatic carbocycles. The summed E-state index contributed by atoms with van der Waals surface area (Å²) in [6.07, 6.45) is 0.714. The first kappa shape index (κ1) is 15.9. The maximum Gasteiger partial charge on any atom is 0.237 e. The molecule has 0 aliphatic carbocycles. The van der Waals surface area contributed by atoms with Crippen molar-refractivity contribution in [2.45, 2.75) is 25.5 Å². The second-order valence-corrected chi connectivity index (χ2v) is 5.49. The summed E-state index contributed by atoms with van der Waals surface area (Å²) in [7, 11) is 0. The number of benzene rings is 1. The zero-order valence-electron chi connectivity index (χ0n) is 11.4. The molecule has 0 radical (unpaired) electrons. The van der Waals surface area contributed by atoms with Gasteiger partial charge in [-0.25, -0.2) is 0 Å². The number of carbonyl (C=O) groups excluding carboxylic acids is 1. The van der Waals surface area contributed by atoms with Gasteiger partial charge in [-0.05, 0) is 50.3 Å². The van der Waals surface area contributed by atoms with Crippen LogP contribution in [0.15, 0.2) is 24.3 Å². The minimum Gasteiger partial charge on any atom is -0.494 e. The van der Waals surface area contributed by atoms with Gasteiger partial charge in [0.05, 0.1) is 11.9 Å². The fourth-order valence-corrected chi connectivity index (χ4v) is 2.31. The highest BCUT2D eigenvalue weighted by molar-refractivity contribution is 8.00. The smallest absolute Gasteiger partial charge is 0.237 e. The molecule has 1 unspecified atom stereocenters. The molecule has 0 bridgehead atoms. The largest absolute Gasteiger partial charge is 0.494 e. The van der Waals surface area contributed by atoms with E-state index in [2.05, 4.69) is 5.32 Å². The Morgan fingerprint density at radius 1 is 1.42 bits per heavy atom. The van der Waals surface area contributed by atoms with Crippen molar-refractivity contribution >= 4 is 23.4 Å². The van der Waals surface area contributed by atoms with Gasteiger partial charge in [0, 0.05) is 12.3 Å². The molecule has 0 aliphatic heterocycles. The molecule has 0 saturated heterocycles. The van der Waals surface area contributed by atoms with Crippen LogP contribution in [0.4, 0.5) is 5.69 Å². The number of thioether (sulfide) groups is 1. The van der Waals surface area contributed by atoms with E-state index in [1.807, 2.05) is 38.1 Å². The highest BCUT2D eigenvalue weighted by Gasteiger charge is 2.12. The number of hydrogen-bond acceptors (Lipinski definition) is 4. The first-order chi connectivity index (χ1) is 9.17. The van der Waals surface area contributed by atoms with Crippen molar-refractivity contribution in [1.82, 2.24) is 0 Å². The molecule has 4 nitrogen and oxygen atoms in total. The van der Waals surface area contributed by atoms with E-state index in [1.165, 1.54) is 0 Å². The van der Waals surface area contributed by atoms with Gasteiger partial charge in [0.15, 0.2) is 0 Å². The minimum absolute atomic E-state index is 0.0212. The zero-order valence-corrected chi connectivity index (χ0v) is 12.2. The number of aliphatic hydroxyl groups excluding tert-OH is 1. The van der Waals surface area contributed by atoms with Gasteiger partial charge in [0.25, 0.3) is 0 Å². The van der Waals surface area contributed by atoms with E-state index in [0.717, 1.165) is 17.2 Å². The lowest BCUT2D eigenvalue weighted by atomic mass is 10.3. The number of nitrogens with one attached hydrogen (secondary N) is 1. The second kappa shape index (κ2) is 8.82. The Balaban J connectivity index is 2.42. The summed E-state index contributed by atoms with van der Waals surface area (Å²) in [4.78, 5) is 11.9. The van der Waals surface area contributed by atoms with Gasteiger partial charge in [-0.15, -0.1) is 11.8 Å². The third kappa shape index (κ3) is 5.98. The van der Waals surface area contributed by atoms with Crippen molar-refractivity contribution in [3.63, 3.8) is 0 Å². The molecule has 1 aromatic rings. The van der Waals surface area contributed by atoms with Crippen LogP contribution in [0.25, 0.3) is 0 Å². The monoisotopic (exact) mass is 283 g/mol. The minimum atomic E-state index is -0.127. The molecular formula is C14H21NO3S. The number of anilines is 1. The van der Waals surface area contributed by atoms with E-state index >= 15 is 0 Å². The molecule has 0 heterocycles. The van der Waals surface area contributed by atoms with E-state index in [0.29, 0.717) is 13.0 Å². The summed E-state index contributed by atoms with van der Waals surface area (Å²) < 4.78 is 5.34. The molecule has 19 heavy (non-hydrogen) atoms. The third-order valence-corrected chi connectivity index (χ3v) is 3.71. The van der Waals surface area contributed by atoms with Gasteiger partial charge in [-0.1, -0.05) is 0 Å². The summed E-state index contributed by atoms with van der Waals surface area (Å²) in [5.41, 5.74) is 0.767. The fraction of sp³-hybridized carbons (Fsp3) is 0.500. The van der Waals surface area contributed by atoms with Crippen LogP contribution >= 0.6 is 11.8 Å². The molecule has 1 atom stereocenters. The van der Waals surface area contributed by atoms with Crippen LogP contribution in [0.3, 0.4) is 0 Å². The Kier molecular flexibility index (Phi) is 7.36. The SMILES string of the molecule is CCOc1ccc(NC(=O)C(C)SCCCO)cc1. The van der Waals surface area contributed by atoms with Crippen LogP contribution in [-0.4, -0.2) is 35.2 Å². The third-order valence-electron chi connectivity index (χ3n) is 2.47. The van der Waals surface area contributed by atoms with Gasteiger partial charge in [-0.2, -0.15) is 0 Å². The van der Waals surface area contributed by atoms with E-state index in [1.54, 1.807) is 11.8 Å². The maximum atomic E-state index is 11.9. The molecular weight excluding hydrogens is 262 g/mol. The standard InChI is InChI=1S/C14H21NO3S/c1-3-18-13-7-5-12(6-8-13)15-14(17)11(2)19-10-4-9-16/h5-8,11,16H,3-4,9-10H2,1-2H3,(H,15,17). The van der Waals surface area contributed by atoms with E-state index in [-0.39, 0.29) is 17.8 Å². The number of aliphatic hydroxyl groups is 1. The lowest BCUT2D eigenvalue weighted by molar-refractivity contribution is -0.115. The first-order valence-corrected chi connectivity index (χ1v) is 7.48. The lowest BCUT2D eigenvalue weighted by Gasteiger charge is -2.12. The van der Waals surface area contributed by atoms with Crippen molar-refractivity contribution in [3.8, 4) is 5.75 Å². The summed E-state index contributed by atoms with van der Waals surface area (Å²) >= 11 is 1.54. The van der Waals surface area contributed by atoms with Crippen LogP contribution in [0, 0.1) is 0 Å². The molecule has 0 fully saturated rings. The number of amides is 1. The number of ether oxygens (including phenoxy) is 1. The van der Waals surface area contributed by atoms with Gasteiger partial charge in [-0.3, -0.25) is 4.79 Å².